The quantitative estimate of drug-likeness (QED) is 0.464. The fourth-order valence-electron chi connectivity index (χ4n) is 1.38. The van der Waals surface area contributed by atoms with Gasteiger partial charge < -0.3 is 24.1 Å². The Morgan fingerprint density at radius 2 is 1.68 bits per heavy atom. The standard InChI is InChI=1S/C10H22O3.C6H12O3/c1-4-5-6-12-10(3)8-13-9(2)7-11;1-5(4-8-3)9-6(2)7/h9-11H,4-8H2,1-3H3;5H,4H2,1-3H3. The maximum atomic E-state index is 10.3. The van der Waals surface area contributed by atoms with E-state index in [2.05, 4.69) is 6.92 Å². The molecule has 0 amide bonds. The maximum absolute atomic E-state index is 10.3. The maximum Gasteiger partial charge on any atom is 0.302 e. The second kappa shape index (κ2) is 16.7. The zero-order chi connectivity index (χ0) is 17.4. The Bertz CT molecular complexity index is 247. The Morgan fingerprint density at radius 3 is 2.14 bits per heavy atom. The van der Waals surface area contributed by atoms with Crippen LogP contribution in [0.15, 0.2) is 0 Å². The summed E-state index contributed by atoms with van der Waals surface area (Å²) in [6, 6.07) is 0. The van der Waals surface area contributed by atoms with E-state index in [1.54, 1.807) is 14.0 Å². The summed E-state index contributed by atoms with van der Waals surface area (Å²) in [5, 5.41) is 8.70. The molecule has 0 aliphatic heterocycles. The van der Waals surface area contributed by atoms with Crippen LogP contribution in [-0.2, 0) is 23.7 Å². The Morgan fingerprint density at radius 1 is 1.05 bits per heavy atom. The average molecular weight is 322 g/mol. The number of methoxy groups -OCH3 is 1. The highest BCUT2D eigenvalue weighted by atomic mass is 16.6. The van der Waals surface area contributed by atoms with Crippen LogP contribution in [0.3, 0.4) is 0 Å². The summed E-state index contributed by atoms with van der Waals surface area (Å²) in [4.78, 5) is 10.3. The van der Waals surface area contributed by atoms with Crippen molar-refractivity contribution < 1.29 is 28.8 Å². The van der Waals surface area contributed by atoms with Crippen LogP contribution in [0.1, 0.15) is 47.5 Å². The zero-order valence-electron chi connectivity index (χ0n) is 15.0. The molecule has 0 rings (SSSR count). The first-order valence-corrected chi connectivity index (χ1v) is 7.87. The lowest BCUT2D eigenvalue weighted by atomic mass is 10.3. The first-order valence-electron chi connectivity index (χ1n) is 7.87. The van der Waals surface area contributed by atoms with Crippen molar-refractivity contribution in [1.82, 2.24) is 0 Å². The minimum Gasteiger partial charge on any atom is -0.460 e. The fourth-order valence-corrected chi connectivity index (χ4v) is 1.38. The van der Waals surface area contributed by atoms with Crippen LogP contribution in [-0.4, -0.2) is 62.9 Å². The summed E-state index contributed by atoms with van der Waals surface area (Å²) in [5.41, 5.74) is 0. The van der Waals surface area contributed by atoms with Gasteiger partial charge in [-0.1, -0.05) is 13.3 Å². The van der Waals surface area contributed by atoms with Gasteiger partial charge in [0.2, 0.25) is 0 Å². The molecule has 3 atom stereocenters. The van der Waals surface area contributed by atoms with E-state index in [9.17, 15) is 4.79 Å². The predicted molar refractivity (Wildman–Crippen MR) is 85.9 cm³/mol. The summed E-state index contributed by atoms with van der Waals surface area (Å²) in [6.45, 7) is 11.0. The molecule has 1 N–H and O–H groups in total. The van der Waals surface area contributed by atoms with Crippen molar-refractivity contribution in [3.63, 3.8) is 0 Å². The van der Waals surface area contributed by atoms with Gasteiger partial charge in [0.05, 0.1) is 32.0 Å². The lowest BCUT2D eigenvalue weighted by Gasteiger charge is -2.15. The molecule has 0 saturated carbocycles. The third kappa shape index (κ3) is 19.3. The summed E-state index contributed by atoms with van der Waals surface area (Å²) < 4.78 is 20.2. The minimum absolute atomic E-state index is 0.0711. The molecule has 6 nitrogen and oxygen atoms in total. The molecular weight excluding hydrogens is 288 g/mol. The number of esters is 1. The normalized spacial score (nSPS) is 14.5. The van der Waals surface area contributed by atoms with Gasteiger partial charge in [0.25, 0.3) is 0 Å². The van der Waals surface area contributed by atoms with Gasteiger partial charge in [-0.25, -0.2) is 0 Å². The van der Waals surface area contributed by atoms with E-state index < -0.39 is 0 Å². The number of aliphatic hydroxyl groups is 1. The van der Waals surface area contributed by atoms with Crippen LogP contribution in [0, 0.1) is 0 Å². The predicted octanol–water partition coefficient (Wildman–Crippen LogP) is 2.17. The first kappa shape index (κ1) is 23.6. The van der Waals surface area contributed by atoms with Crippen molar-refractivity contribution in [3.05, 3.63) is 0 Å². The topological polar surface area (TPSA) is 74.2 Å². The van der Waals surface area contributed by atoms with Gasteiger partial charge in [0.1, 0.15) is 6.10 Å². The van der Waals surface area contributed by atoms with Crippen LogP contribution in [0.5, 0.6) is 0 Å². The van der Waals surface area contributed by atoms with Gasteiger partial charge in [-0.3, -0.25) is 4.79 Å². The molecule has 0 aromatic heterocycles. The zero-order valence-corrected chi connectivity index (χ0v) is 15.0. The number of hydrogen-bond acceptors (Lipinski definition) is 6. The van der Waals surface area contributed by atoms with E-state index in [-0.39, 0.29) is 30.9 Å². The van der Waals surface area contributed by atoms with E-state index in [0.29, 0.717) is 13.2 Å². The van der Waals surface area contributed by atoms with Crippen LogP contribution in [0.25, 0.3) is 0 Å². The third-order valence-corrected chi connectivity index (χ3v) is 2.54. The number of rotatable bonds is 11. The van der Waals surface area contributed by atoms with Crippen LogP contribution < -0.4 is 0 Å². The Labute approximate surface area is 135 Å². The largest absolute Gasteiger partial charge is 0.460 e. The lowest BCUT2D eigenvalue weighted by molar-refractivity contribution is -0.147. The van der Waals surface area contributed by atoms with Gasteiger partial charge in [0.15, 0.2) is 0 Å². The second-order valence-electron chi connectivity index (χ2n) is 5.24. The first-order chi connectivity index (χ1) is 10.4. The molecule has 134 valence electrons. The fraction of sp³-hybridized carbons (Fsp3) is 0.938. The molecule has 3 unspecified atom stereocenters. The molecule has 6 heteroatoms. The van der Waals surface area contributed by atoms with Crippen molar-refractivity contribution in [2.24, 2.45) is 0 Å². The van der Waals surface area contributed by atoms with Crippen LogP contribution in [0.4, 0.5) is 0 Å². The molecule has 0 aromatic rings. The highest BCUT2D eigenvalue weighted by Gasteiger charge is 2.05. The average Bonchev–Trinajstić information content (AvgIpc) is 2.45. The summed E-state index contributed by atoms with van der Waals surface area (Å²) >= 11 is 0. The second-order valence-corrected chi connectivity index (χ2v) is 5.24. The van der Waals surface area contributed by atoms with Crippen molar-refractivity contribution in [2.75, 3.05) is 33.5 Å². The molecule has 0 aliphatic rings. The molecule has 0 spiro atoms. The van der Waals surface area contributed by atoms with Crippen molar-refractivity contribution in [2.45, 2.75) is 65.8 Å². The van der Waals surface area contributed by atoms with Gasteiger partial charge in [-0.2, -0.15) is 0 Å². The molecule has 0 aliphatic carbocycles. The number of ether oxygens (including phenoxy) is 4. The van der Waals surface area contributed by atoms with E-state index in [1.807, 2.05) is 13.8 Å². The molecule has 0 bridgehead atoms. The summed E-state index contributed by atoms with van der Waals surface area (Å²) in [6.07, 6.45) is 2.16. The Hall–Kier alpha value is -0.690. The van der Waals surface area contributed by atoms with Crippen LogP contribution >= 0.6 is 0 Å². The van der Waals surface area contributed by atoms with Crippen LogP contribution in [0.2, 0.25) is 0 Å². The molecule has 0 aromatic carbocycles. The minimum atomic E-state index is -0.264. The number of carbonyl (C=O) groups is 1. The summed E-state index contributed by atoms with van der Waals surface area (Å²) in [5.74, 6) is -0.264. The Kier molecular flexibility index (Phi) is 17.9. The number of carbonyl (C=O) groups excluding carboxylic acids is 1. The van der Waals surface area contributed by atoms with E-state index in [0.717, 1.165) is 19.4 Å². The molecule has 0 radical (unpaired) electrons. The third-order valence-electron chi connectivity index (χ3n) is 2.54. The van der Waals surface area contributed by atoms with Gasteiger partial charge in [-0.05, 0) is 27.2 Å². The van der Waals surface area contributed by atoms with Gasteiger partial charge in [-0.15, -0.1) is 0 Å². The molecule has 0 fully saturated rings. The van der Waals surface area contributed by atoms with E-state index >= 15 is 0 Å². The lowest BCUT2D eigenvalue weighted by Crippen LogP contribution is -2.22. The Balaban J connectivity index is 0. The number of hydrogen-bond donors (Lipinski definition) is 1. The van der Waals surface area contributed by atoms with Gasteiger partial charge in [0, 0.05) is 20.6 Å². The number of aliphatic hydroxyl groups excluding tert-OH is 1. The van der Waals surface area contributed by atoms with Crippen molar-refractivity contribution >= 4 is 5.97 Å². The smallest absolute Gasteiger partial charge is 0.302 e. The van der Waals surface area contributed by atoms with Crippen molar-refractivity contribution in [3.8, 4) is 0 Å². The molecule has 22 heavy (non-hydrogen) atoms. The highest BCUT2D eigenvalue weighted by Crippen LogP contribution is 1.98. The SMILES string of the molecule is CCCCOC(C)COC(C)CO.COCC(C)OC(C)=O. The molecule has 0 saturated heterocycles. The molecular formula is C16H34O6. The van der Waals surface area contributed by atoms with E-state index in [4.69, 9.17) is 24.1 Å². The van der Waals surface area contributed by atoms with E-state index in [1.165, 1.54) is 6.92 Å². The number of unbranched alkanes of at least 4 members (excludes halogenated alkanes) is 1. The molecule has 0 heterocycles. The monoisotopic (exact) mass is 322 g/mol. The van der Waals surface area contributed by atoms with Gasteiger partial charge >= 0.3 is 5.97 Å². The van der Waals surface area contributed by atoms with Crippen molar-refractivity contribution in [1.29, 1.82) is 0 Å². The summed E-state index contributed by atoms with van der Waals surface area (Å²) in [7, 11) is 1.57. The highest BCUT2D eigenvalue weighted by molar-refractivity contribution is 5.66.